The van der Waals surface area contributed by atoms with Crippen molar-refractivity contribution in [3.05, 3.63) is 0 Å². The number of nitrogens with one attached hydrogen (secondary N) is 1. The molecule has 1 saturated heterocycles. The molecule has 0 radical (unpaired) electrons. The third-order valence-electron chi connectivity index (χ3n) is 1.75. The predicted octanol–water partition coefficient (Wildman–Crippen LogP) is -0.00770. The number of ether oxygens (including phenoxy) is 1. The summed E-state index contributed by atoms with van der Waals surface area (Å²) >= 11 is 0. The lowest BCUT2D eigenvalue weighted by atomic mass is 10.5. The number of halogens is 2. The lowest BCUT2D eigenvalue weighted by Gasteiger charge is -2.07. The summed E-state index contributed by atoms with van der Waals surface area (Å²) in [6, 6.07) is -0.689. The first-order valence-electron chi connectivity index (χ1n) is 2.96. The number of morpholine rings is 1. The minimum atomic E-state index is -2.59. The Hall–Kier alpha value is -0.220. The molecule has 0 aromatic heterocycles. The number of alkyl halides is 2. The van der Waals surface area contributed by atoms with Crippen molar-refractivity contribution in [3.63, 3.8) is 0 Å². The van der Waals surface area contributed by atoms with E-state index in [-0.39, 0.29) is 0 Å². The molecule has 4 heteroatoms. The molecule has 2 fully saturated rings. The van der Waals surface area contributed by atoms with Crippen molar-refractivity contribution in [2.24, 2.45) is 0 Å². The molecule has 2 nitrogen and oxygen atoms in total. The van der Waals surface area contributed by atoms with Crippen LogP contribution in [0, 0.1) is 0 Å². The maximum absolute atomic E-state index is 12.3. The van der Waals surface area contributed by atoms with E-state index in [1.54, 1.807) is 0 Å². The third kappa shape index (κ3) is 0.602. The lowest BCUT2D eigenvalue weighted by Crippen LogP contribution is -2.31. The van der Waals surface area contributed by atoms with Gasteiger partial charge in [0.2, 0.25) is 0 Å². The Balaban J connectivity index is 2.06. The van der Waals surface area contributed by atoms with Gasteiger partial charge < -0.3 is 10.1 Å². The van der Waals surface area contributed by atoms with Gasteiger partial charge in [-0.05, 0) is 0 Å². The Morgan fingerprint density at radius 1 is 1.56 bits per heavy atom. The van der Waals surface area contributed by atoms with Crippen LogP contribution in [0.1, 0.15) is 0 Å². The van der Waals surface area contributed by atoms with Crippen LogP contribution in [0.5, 0.6) is 0 Å². The van der Waals surface area contributed by atoms with Gasteiger partial charge >= 0.3 is 0 Å². The molecular formula is C5H7F2NO. The van der Waals surface area contributed by atoms with E-state index in [0.717, 1.165) is 0 Å². The summed E-state index contributed by atoms with van der Waals surface area (Å²) in [4.78, 5) is 0. The Bertz CT molecular complexity index is 125. The number of hydrogen-bond acceptors (Lipinski definition) is 2. The summed E-state index contributed by atoms with van der Waals surface area (Å²) in [6.45, 7) is 0.966. The second-order valence-corrected chi connectivity index (χ2v) is 2.40. The molecule has 1 N–H and O–H groups in total. The number of fused-ring (bicyclic) bond motifs is 1. The van der Waals surface area contributed by atoms with Crippen LogP contribution in [-0.4, -0.2) is 31.2 Å². The van der Waals surface area contributed by atoms with Crippen molar-refractivity contribution >= 4 is 0 Å². The topological polar surface area (TPSA) is 21.3 Å². The van der Waals surface area contributed by atoms with Crippen molar-refractivity contribution in [1.29, 1.82) is 0 Å². The van der Waals surface area contributed by atoms with Gasteiger partial charge in [0, 0.05) is 6.54 Å². The van der Waals surface area contributed by atoms with E-state index in [1.807, 2.05) is 0 Å². The standard InChI is InChI=1S/C5H7F2NO/c6-5(7)3-4(5)9-2-1-8-3/h3-4,8H,1-2H2. The third-order valence-corrected chi connectivity index (χ3v) is 1.75. The van der Waals surface area contributed by atoms with E-state index in [2.05, 4.69) is 5.32 Å². The van der Waals surface area contributed by atoms with Crippen LogP contribution in [0.4, 0.5) is 8.78 Å². The van der Waals surface area contributed by atoms with Crippen LogP contribution in [0.15, 0.2) is 0 Å². The quantitative estimate of drug-likeness (QED) is 0.504. The van der Waals surface area contributed by atoms with E-state index >= 15 is 0 Å². The SMILES string of the molecule is FC1(F)C2NCCOC21. The van der Waals surface area contributed by atoms with E-state index < -0.39 is 18.1 Å². The molecular weight excluding hydrogens is 128 g/mol. The lowest BCUT2D eigenvalue weighted by molar-refractivity contribution is 0.0175. The van der Waals surface area contributed by atoms with Crippen LogP contribution in [0.25, 0.3) is 0 Å². The highest BCUT2D eigenvalue weighted by Crippen LogP contribution is 2.45. The van der Waals surface area contributed by atoms with Crippen molar-refractivity contribution in [3.8, 4) is 0 Å². The highest BCUT2D eigenvalue weighted by atomic mass is 19.3. The molecule has 1 aliphatic heterocycles. The van der Waals surface area contributed by atoms with Crippen LogP contribution in [-0.2, 0) is 4.74 Å². The van der Waals surface area contributed by atoms with Gasteiger partial charge in [0.05, 0.1) is 6.61 Å². The first kappa shape index (κ1) is 5.56. The van der Waals surface area contributed by atoms with E-state index in [1.165, 1.54) is 0 Å². The summed E-state index contributed by atoms with van der Waals surface area (Å²) in [5.41, 5.74) is 0. The summed E-state index contributed by atoms with van der Waals surface area (Å²) in [6.07, 6.45) is -0.828. The predicted molar refractivity (Wildman–Crippen MR) is 26.5 cm³/mol. The van der Waals surface area contributed by atoms with Crippen molar-refractivity contribution in [1.82, 2.24) is 5.32 Å². The molecule has 1 saturated carbocycles. The monoisotopic (exact) mass is 135 g/mol. The fourth-order valence-corrected chi connectivity index (χ4v) is 1.15. The first-order valence-corrected chi connectivity index (χ1v) is 2.96. The largest absolute Gasteiger partial charge is 0.369 e. The molecule has 0 amide bonds. The smallest absolute Gasteiger partial charge is 0.293 e. The summed E-state index contributed by atoms with van der Waals surface area (Å²) in [5, 5.41) is 2.67. The summed E-state index contributed by atoms with van der Waals surface area (Å²) in [5.74, 6) is -2.59. The normalized spacial score (nSPS) is 46.0. The van der Waals surface area contributed by atoms with Gasteiger partial charge in [-0.25, -0.2) is 8.78 Å². The molecule has 52 valence electrons. The second-order valence-electron chi connectivity index (χ2n) is 2.40. The second kappa shape index (κ2) is 1.44. The van der Waals surface area contributed by atoms with Gasteiger partial charge in [0.15, 0.2) is 0 Å². The summed E-state index contributed by atoms with van der Waals surface area (Å²) < 4.78 is 29.4. The molecule has 2 aliphatic rings. The molecule has 2 rings (SSSR count). The van der Waals surface area contributed by atoms with Gasteiger partial charge in [-0.1, -0.05) is 0 Å². The minimum absolute atomic E-state index is 0.413. The molecule has 0 spiro atoms. The molecule has 9 heavy (non-hydrogen) atoms. The molecule has 0 bridgehead atoms. The maximum atomic E-state index is 12.3. The van der Waals surface area contributed by atoms with Crippen LogP contribution >= 0.6 is 0 Å². The van der Waals surface area contributed by atoms with Crippen molar-refractivity contribution in [2.75, 3.05) is 13.2 Å². The number of hydrogen-bond donors (Lipinski definition) is 1. The molecule has 2 unspecified atom stereocenters. The van der Waals surface area contributed by atoms with E-state index in [0.29, 0.717) is 13.2 Å². The van der Waals surface area contributed by atoms with E-state index in [4.69, 9.17) is 4.74 Å². The Kier molecular flexibility index (Phi) is 0.887. The zero-order valence-corrected chi connectivity index (χ0v) is 4.73. The maximum Gasteiger partial charge on any atom is 0.293 e. The van der Waals surface area contributed by atoms with Gasteiger partial charge in [0.25, 0.3) is 5.92 Å². The highest BCUT2D eigenvalue weighted by molar-refractivity contribution is 5.15. The van der Waals surface area contributed by atoms with Gasteiger partial charge in [-0.3, -0.25) is 0 Å². The Labute approximate surface area is 51.2 Å². The highest BCUT2D eigenvalue weighted by Gasteiger charge is 2.70. The van der Waals surface area contributed by atoms with Gasteiger partial charge in [-0.15, -0.1) is 0 Å². The van der Waals surface area contributed by atoms with Crippen LogP contribution < -0.4 is 5.32 Å². The minimum Gasteiger partial charge on any atom is -0.369 e. The average molecular weight is 135 g/mol. The fourth-order valence-electron chi connectivity index (χ4n) is 1.15. The van der Waals surface area contributed by atoms with Crippen molar-refractivity contribution < 1.29 is 13.5 Å². The molecule has 2 atom stereocenters. The fraction of sp³-hybridized carbons (Fsp3) is 1.00. The summed E-state index contributed by atoms with van der Waals surface area (Å²) in [7, 11) is 0. The first-order chi connectivity index (χ1) is 4.23. The molecule has 1 aliphatic carbocycles. The Morgan fingerprint density at radius 3 is 2.78 bits per heavy atom. The zero-order chi connectivity index (χ0) is 6.48. The zero-order valence-electron chi connectivity index (χ0n) is 4.73. The van der Waals surface area contributed by atoms with Crippen LogP contribution in [0.3, 0.4) is 0 Å². The van der Waals surface area contributed by atoms with Gasteiger partial charge in [0.1, 0.15) is 12.1 Å². The average Bonchev–Trinajstić information content (AvgIpc) is 2.39. The Morgan fingerprint density at radius 2 is 2.33 bits per heavy atom. The molecule has 1 heterocycles. The molecule has 0 aromatic rings. The number of rotatable bonds is 0. The molecule has 0 aromatic carbocycles. The van der Waals surface area contributed by atoms with Crippen molar-refractivity contribution in [2.45, 2.75) is 18.1 Å². The van der Waals surface area contributed by atoms with E-state index in [9.17, 15) is 8.78 Å². The van der Waals surface area contributed by atoms with Gasteiger partial charge in [-0.2, -0.15) is 0 Å². The van der Waals surface area contributed by atoms with Crippen LogP contribution in [0.2, 0.25) is 0 Å².